The smallest absolute Gasteiger partial charge is 0.224 e. The van der Waals surface area contributed by atoms with Crippen LogP contribution in [0.4, 0.5) is 11.8 Å². The van der Waals surface area contributed by atoms with Gasteiger partial charge in [-0.3, -0.25) is 0 Å². The molecule has 0 radical (unpaired) electrons. The lowest BCUT2D eigenvalue weighted by Crippen LogP contribution is -2.38. The number of rotatable bonds is 3. The fourth-order valence-electron chi connectivity index (χ4n) is 1.73. The van der Waals surface area contributed by atoms with Gasteiger partial charge in [0.05, 0.1) is 0 Å². The minimum Gasteiger partial charge on any atom is -0.373 e. The quantitative estimate of drug-likeness (QED) is 0.680. The van der Waals surface area contributed by atoms with Crippen molar-refractivity contribution in [3.05, 3.63) is 12.3 Å². The molecule has 1 saturated heterocycles. The highest BCUT2D eigenvalue weighted by Gasteiger charge is 2.13. The van der Waals surface area contributed by atoms with Gasteiger partial charge in [-0.25, -0.2) is 4.98 Å². The average Bonchev–Trinajstić information content (AvgIpc) is 2.31. The molecule has 1 aliphatic rings. The van der Waals surface area contributed by atoms with E-state index in [9.17, 15) is 0 Å². The van der Waals surface area contributed by atoms with E-state index in [4.69, 9.17) is 0 Å². The molecule has 0 saturated carbocycles. The summed E-state index contributed by atoms with van der Waals surface area (Å²) >= 11 is 0. The van der Waals surface area contributed by atoms with Gasteiger partial charge in [-0.05, 0) is 25.5 Å². The summed E-state index contributed by atoms with van der Waals surface area (Å²) in [5.41, 5.74) is 0. The van der Waals surface area contributed by atoms with Gasteiger partial charge >= 0.3 is 0 Å². The molecule has 0 aliphatic carbocycles. The molecule has 0 amide bonds. The van der Waals surface area contributed by atoms with Gasteiger partial charge in [0.25, 0.3) is 0 Å². The molecular formula is C10H17N5. The van der Waals surface area contributed by atoms with E-state index in [-0.39, 0.29) is 0 Å². The normalized spacial score (nSPS) is 21.0. The molecule has 0 aromatic carbocycles. The van der Waals surface area contributed by atoms with E-state index in [1.807, 2.05) is 13.1 Å². The average molecular weight is 207 g/mol. The van der Waals surface area contributed by atoms with Gasteiger partial charge in [0.1, 0.15) is 5.82 Å². The molecule has 2 rings (SSSR count). The van der Waals surface area contributed by atoms with Crippen molar-refractivity contribution >= 4 is 11.8 Å². The highest BCUT2D eigenvalue weighted by Crippen LogP contribution is 2.09. The maximum Gasteiger partial charge on any atom is 0.224 e. The Morgan fingerprint density at radius 3 is 3.20 bits per heavy atom. The van der Waals surface area contributed by atoms with Gasteiger partial charge in [0, 0.05) is 25.8 Å². The lowest BCUT2D eigenvalue weighted by molar-refractivity contribution is 0.478. The molecule has 1 aromatic rings. The van der Waals surface area contributed by atoms with Crippen LogP contribution in [-0.4, -0.2) is 36.1 Å². The van der Waals surface area contributed by atoms with Crippen molar-refractivity contribution in [1.82, 2.24) is 15.3 Å². The van der Waals surface area contributed by atoms with E-state index in [1.54, 1.807) is 6.20 Å². The fourth-order valence-corrected chi connectivity index (χ4v) is 1.73. The third-order valence-corrected chi connectivity index (χ3v) is 2.54. The van der Waals surface area contributed by atoms with Crippen LogP contribution in [0.25, 0.3) is 0 Å². The van der Waals surface area contributed by atoms with Crippen molar-refractivity contribution in [2.75, 3.05) is 30.8 Å². The number of anilines is 2. The molecule has 0 spiro atoms. The highest BCUT2D eigenvalue weighted by molar-refractivity contribution is 5.39. The Balaban J connectivity index is 1.96. The van der Waals surface area contributed by atoms with Gasteiger partial charge in [-0.2, -0.15) is 4.98 Å². The number of aromatic nitrogens is 2. The molecule has 0 bridgehead atoms. The summed E-state index contributed by atoms with van der Waals surface area (Å²) in [6.45, 7) is 2.11. The van der Waals surface area contributed by atoms with E-state index in [1.165, 1.54) is 12.8 Å². The standard InChI is InChI=1S/C10H17N5/c1-11-9-4-6-13-10(15-9)14-8-3-2-5-12-7-8/h4,6,8,12H,2-3,5,7H2,1H3,(H2,11,13,14,15). The highest BCUT2D eigenvalue weighted by atomic mass is 15.2. The molecule has 1 unspecified atom stereocenters. The Hall–Kier alpha value is -1.36. The Labute approximate surface area is 89.7 Å². The molecule has 1 fully saturated rings. The van der Waals surface area contributed by atoms with Crippen LogP contribution >= 0.6 is 0 Å². The van der Waals surface area contributed by atoms with Crippen molar-refractivity contribution in [1.29, 1.82) is 0 Å². The Morgan fingerprint density at radius 2 is 2.47 bits per heavy atom. The summed E-state index contributed by atoms with van der Waals surface area (Å²) in [6, 6.07) is 2.30. The van der Waals surface area contributed by atoms with Crippen molar-refractivity contribution in [2.24, 2.45) is 0 Å². The van der Waals surface area contributed by atoms with Crippen LogP contribution in [0.1, 0.15) is 12.8 Å². The number of hydrogen-bond acceptors (Lipinski definition) is 5. The molecule has 5 heteroatoms. The van der Waals surface area contributed by atoms with Crippen LogP contribution in [0.5, 0.6) is 0 Å². The summed E-state index contributed by atoms with van der Waals surface area (Å²) in [5, 5.41) is 9.68. The first kappa shape index (κ1) is 10.2. The third-order valence-electron chi connectivity index (χ3n) is 2.54. The topological polar surface area (TPSA) is 61.9 Å². The Kier molecular flexibility index (Phi) is 3.34. The van der Waals surface area contributed by atoms with Crippen LogP contribution < -0.4 is 16.0 Å². The third kappa shape index (κ3) is 2.79. The second-order valence-electron chi connectivity index (χ2n) is 3.70. The molecule has 5 nitrogen and oxygen atoms in total. The maximum atomic E-state index is 4.32. The van der Waals surface area contributed by atoms with E-state index in [0.29, 0.717) is 12.0 Å². The summed E-state index contributed by atoms with van der Waals surface area (Å²) in [7, 11) is 1.86. The van der Waals surface area contributed by atoms with E-state index < -0.39 is 0 Å². The molecule has 82 valence electrons. The summed E-state index contributed by atoms with van der Waals surface area (Å²) in [5.74, 6) is 1.55. The molecule has 3 N–H and O–H groups in total. The SMILES string of the molecule is CNc1ccnc(NC2CCCNC2)n1. The van der Waals surface area contributed by atoms with Crippen molar-refractivity contribution in [3.63, 3.8) is 0 Å². The zero-order chi connectivity index (χ0) is 10.5. The summed E-state index contributed by atoms with van der Waals surface area (Å²) < 4.78 is 0. The van der Waals surface area contributed by atoms with Crippen molar-refractivity contribution in [2.45, 2.75) is 18.9 Å². The van der Waals surface area contributed by atoms with Gasteiger partial charge < -0.3 is 16.0 Å². The van der Waals surface area contributed by atoms with Crippen LogP contribution in [0.15, 0.2) is 12.3 Å². The first-order valence-corrected chi connectivity index (χ1v) is 5.36. The zero-order valence-corrected chi connectivity index (χ0v) is 8.95. The second-order valence-corrected chi connectivity index (χ2v) is 3.70. The molecular weight excluding hydrogens is 190 g/mol. The monoisotopic (exact) mass is 207 g/mol. The number of nitrogens with one attached hydrogen (secondary N) is 3. The van der Waals surface area contributed by atoms with E-state index in [0.717, 1.165) is 18.9 Å². The largest absolute Gasteiger partial charge is 0.373 e. The lowest BCUT2D eigenvalue weighted by atomic mass is 10.1. The zero-order valence-electron chi connectivity index (χ0n) is 8.95. The van der Waals surface area contributed by atoms with Gasteiger partial charge in [0.15, 0.2) is 0 Å². The first-order valence-electron chi connectivity index (χ1n) is 5.36. The molecule has 1 aliphatic heterocycles. The lowest BCUT2D eigenvalue weighted by Gasteiger charge is -2.23. The molecule has 2 heterocycles. The fraction of sp³-hybridized carbons (Fsp3) is 0.600. The minimum atomic E-state index is 0.450. The second kappa shape index (κ2) is 4.93. The van der Waals surface area contributed by atoms with Crippen LogP contribution in [0.3, 0.4) is 0 Å². The van der Waals surface area contributed by atoms with Crippen molar-refractivity contribution in [3.8, 4) is 0 Å². The van der Waals surface area contributed by atoms with Gasteiger partial charge in [-0.15, -0.1) is 0 Å². The summed E-state index contributed by atoms with van der Waals surface area (Å²) in [4.78, 5) is 8.52. The Morgan fingerprint density at radius 1 is 1.53 bits per heavy atom. The van der Waals surface area contributed by atoms with E-state index in [2.05, 4.69) is 25.9 Å². The number of piperidine rings is 1. The molecule has 1 atom stereocenters. The van der Waals surface area contributed by atoms with Gasteiger partial charge in [-0.1, -0.05) is 0 Å². The maximum absolute atomic E-state index is 4.32. The predicted octanol–water partition coefficient (Wildman–Crippen LogP) is 0.682. The predicted molar refractivity (Wildman–Crippen MR) is 61.1 cm³/mol. The van der Waals surface area contributed by atoms with Crippen LogP contribution in [0, 0.1) is 0 Å². The Bertz CT molecular complexity index is 308. The number of hydrogen-bond donors (Lipinski definition) is 3. The summed E-state index contributed by atoms with van der Waals surface area (Å²) in [6.07, 6.45) is 4.15. The minimum absolute atomic E-state index is 0.450. The van der Waals surface area contributed by atoms with Crippen LogP contribution in [0.2, 0.25) is 0 Å². The molecule has 1 aromatic heterocycles. The van der Waals surface area contributed by atoms with Crippen molar-refractivity contribution < 1.29 is 0 Å². The van der Waals surface area contributed by atoms with E-state index >= 15 is 0 Å². The first-order chi connectivity index (χ1) is 7.38. The van der Waals surface area contributed by atoms with Crippen LogP contribution in [-0.2, 0) is 0 Å². The molecule has 15 heavy (non-hydrogen) atoms. The van der Waals surface area contributed by atoms with Gasteiger partial charge in [0.2, 0.25) is 5.95 Å². The number of nitrogens with zero attached hydrogens (tertiary/aromatic N) is 2.